The van der Waals surface area contributed by atoms with Crippen LogP contribution in [0.2, 0.25) is 0 Å². The molecule has 2 aliphatic rings. The number of nitrogens with zero attached hydrogens (tertiary/aromatic N) is 2. The monoisotopic (exact) mass is 280 g/mol. The van der Waals surface area contributed by atoms with Crippen LogP contribution in [-0.4, -0.2) is 44.9 Å². The number of fused-ring (bicyclic) bond motifs is 1. The number of hydrogen-bond donors (Lipinski definition) is 2. The van der Waals surface area contributed by atoms with Crippen LogP contribution in [0.25, 0.3) is 0 Å². The molecule has 0 radical (unpaired) electrons. The second-order valence-corrected chi connectivity index (χ2v) is 5.25. The predicted octanol–water partition coefficient (Wildman–Crippen LogP) is 1.05. The molecule has 1 fully saturated rings. The second kappa shape index (κ2) is 4.90. The van der Waals surface area contributed by atoms with Crippen molar-refractivity contribution in [3.63, 3.8) is 0 Å². The molecule has 0 aliphatic carbocycles. The van der Waals surface area contributed by atoms with Gasteiger partial charge in [0.15, 0.2) is 5.69 Å². The van der Waals surface area contributed by atoms with Gasteiger partial charge in [0.1, 0.15) is 5.82 Å². The standard InChI is InChI=1S/C13H16N2O5/c16-12(17)8-2-1-4-15-10(8)9(13(18)19)14-11(15)7-3-5-20-6-7/h7-8H,1-6H2,(H,16,17)(H,18,19). The second-order valence-electron chi connectivity index (χ2n) is 5.25. The Morgan fingerprint density at radius 2 is 2.10 bits per heavy atom. The topological polar surface area (TPSA) is 102 Å². The van der Waals surface area contributed by atoms with Crippen LogP contribution in [0.5, 0.6) is 0 Å². The first-order chi connectivity index (χ1) is 9.59. The molecule has 7 nitrogen and oxygen atoms in total. The number of rotatable bonds is 3. The van der Waals surface area contributed by atoms with Gasteiger partial charge >= 0.3 is 11.9 Å². The molecule has 3 heterocycles. The molecule has 2 unspecified atom stereocenters. The quantitative estimate of drug-likeness (QED) is 0.858. The van der Waals surface area contributed by atoms with Gasteiger partial charge in [0.25, 0.3) is 0 Å². The number of aromatic carboxylic acids is 1. The molecule has 20 heavy (non-hydrogen) atoms. The van der Waals surface area contributed by atoms with Crippen molar-refractivity contribution in [3.8, 4) is 0 Å². The Kier molecular flexibility index (Phi) is 3.21. The summed E-state index contributed by atoms with van der Waals surface area (Å²) in [7, 11) is 0. The van der Waals surface area contributed by atoms with Crippen molar-refractivity contribution in [1.82, 2.24) is 9.55 Å². The molecule has 2 atom stereocenters. The van der Waals surface area contributed by atoms with Crippen LogP contribution in [0.4, 0.5) is 0 Å². The lowest BCUT2D eigenvalue weighted by molar-refractivity contribution is -0.139. The van der Waals surface area contributed by atoms with Crippen LogP contribution in [-0.2, 0) is 16.1 Å². The molecule has 0 spiro atoms. The van der Waals surface area contributed by atoms with Crippen LogP contribution in [0.3, 0.4) is 0 Å². The fraction of sp³-hybridized carbons (Fsp3) is 0.615. The third-order valence-corrected chi connectivity index (χ3v) is 4.04. The van der Waals surface area contributed by atoms with Crippen molar-refractivity contribution in [3.05, 3.63) is 17.2 Å². The first-order valence-corrected chi connectivity index (χ1v) is 6.73. The number of carboxylic acid groups (broad SMARTS) is 2. The van der Waals surface area contributed by atoms with Crippen LogP contribution in [0, 0.1) is 0 Å². The van der Waals surface area contributed by atoms with Crippen molar-refractivity contribution >= 4 is 11.9 Å². The van der Waals surface area contributed by atoms with Crippen LogP contribution in [0.15, 0.2) is 0 Å². The maximum absolute atomic E-state index is 11.4. The van der Waals surface area contributed by atoms with Crippen LogP contribution in [0.1, 0.15) is 53.1 Å². The van der Waals surface area contributed by atoms with Gasteiger partial charge in [-0.05, 0) is 19.3 Å². The summed E-state index contributed by atoms with van der Waals surface area (Å²) in [5.74, 6) is -2.19. The van der Waals surface area contributed by atoms with E-state index in [1.807, 2.05) is 0 Å². The molecule has 0 bridgehead atoms. The summed E-state index contributed by atoms with van der Waals surface area (Å²) in [5.41, 5.74) is 0.233. The lowest BCUT2D eigenvalue weighted by atomic mass is 9.94. The molecular formula is C13H16N2O5. The number of aliphatic carboxylic acids is 1. The Hall–Kier alpha value is -1.89. The van der Waals surface area contributed by atoms with Gasteiger partial charge in [0, 0.05) is 19.1 Å². The fourth-order valence-corrected chi connectivity index (χ4v) is 3.11. The Bertz CT molecular complexity index is 559. The number of aromatic nitrogens is 2. The van der Waals surface area contributed by atoms with E-state index in [0.29, 0.717) is 37.7 Å². The fourth-order valence-electron chi connectivity index (χ4n) is 3.11. The lowest BCUT2D eigenvalue weighted by Crippen LogP contribution is -2.25. The highest BCUT2D eigenvalue weighted by atomic mass is 16.5. The normalized spacial score (nSPS) is 25.4. The van der Waals surface area contributed by atoms with E-state index in [4.69, 9.17) is 4.74 Å². The van der Waals surface area contributed by atoms with E-state index in [2.05, 4.69) is 4.98 Å². The summed E-state index contributed by atoms with van der Waals surface area (Å²) in [6, 6.07) is 0. The molecule has 0 aromatic carbocycles. The van der Waals surface area contributed by atoms with Crippen molar-refractivity contribution in [1.29, 1.82) is 0 Å². The molecule has 1 saturated heterocycles. The Balaban J connectivity index is 2.12. The molecule has 2 aliphatic heterocycles. The van der Waals surface area contributed by atoms with E-state index in [1.165, 1.54) is 0 Å². The minimum Gasteiger partial charge on any atom is -0.481 e. The first kappa shape index (κ1) is 13.1. The van der Waals surface area contributed by atoms with Crippen molar-refractivity contribution < 1.29 is 24.5 Å². The Labute approximate surface area is 115 Å². The highest BCUT2D eigenvalue weighted by molar-refractivity contribution is 5.90. The number of ether oxygens (including phenoxy) is 1. The molecule has 0 saturated carbocycles. The molecule has 7 heteroatoms. The van der Waals surface area contributed by atoms with Crippen LogP contribution >= 0.6 is 0 Å². The Morgan fingerprint density at radius 1 is 1.30 bits per heavy atom. The highest BCUT2D eigenvalue weighted by Gasteiger charge is 2.37. The summed E-state index contributed by atoms with van der Waals surface area (Å²) >= 11 is 0. The number of carboxylic acids is 2. The maximum atomic E-state index is 11.4. The largest absolute Gasteiger partial charge is 0.481 e. The van der Waals surface area contributed by atoms with Gasteiger partial charge in [-0.3, -0.25) is 4.79 Å². The average Bonchev–Trinajstić information content (AvgIpc) is 3.04. The zero-order valence-corrected chi connectivity index (χ0v) is 10.9. The van der Waals surface area contributed by atoms with Gasteiger partial charge in [-0.15, -0.1) is 0 Å². The maximum Gasteiger partial charge on any atom is 0.356 e. The van der Waals surface area contributed by atoms with E-state index in [0.717, 1.165) is 12.8 Å². The van der Waals surface area contributed by atoms with Gasteiger partial charge in [0.2, 0.25) is 0 Å². The third kappa shape index (κ3) is 1.98. The van der Waals surface area contributed by atoms with Gasteiger partial charge in [-0.25, -0.2) is 9.78 Å². The molecule has 2 N–H and O–H groups in total. The van der Waals surface area contributed by atoms with Gasteiger partial charge in [0.05, 0.1) is 18.2 Å². The van der Waals surface area contributed by atoms with E-state index >= 15 is 0 Å². The lowest BCUT2D eigenvalue weighted by Gasteiger charge is -2.23. The molecule has 3 rings (SSSR count). The number of carbonyl (C=O) groups is 2. The van der Waals surface area contributed by atoms with Crippen molar-refractivity contribution in [2.75, 3.05) is 13.2 Å². The van der Waals surface area contributed by atoms with Crippen molar-refractivity contribution in [2.45, 2.75) is 37.6 Å². The summed E-state index contributed by atoms with van der Waals surface area (Å²) in [5, 5.41) is 18.6. The van der Waals surface area contributed by atoms with Crippen molar-refractivity contribution in [2.24, 2.45) is 0 Å². The van der Waals surface area contributed by atoms with E-state index < -0.39 is 17.9 Å². The molecule has 108 valence electrons. The first-order valence-electron chi connectivity index (χ1n) is 6.73. The van der Waals surface area contributed by atoms with Gasteiger partial charge in [-0.1, -0.05) is 0 Å². The Morgan fingerprint density at radius 3 is 2.70 bits per heavy atom. The minimum absolute atomic E-state index is 0.0643. The minimum atomic E-state index is -1.16. The van der Waals surface area contributed by atoms with Crippen LogP contribution < -0.4 is 0 Å². The molecule has 0 amide bonds. The zero-order chi connectivity index (χ0) is 14.3. The summed E-state index contributed by atoms with van der Waals surface area (Å²) in [6.07, 6.45) is 1.98. The highest BCUT2D eigenvalue weighted by Crippen LogP contribution is 2.35. The summed E-state index contributed by atoms with van der Waals surface area (Å²) in [6.45, 7) is 1.79. The SMILES string of the molecule is O=C(O)c1nc(C2CCOC2)n2c1C(C(=O)O)CCC2. The number of hydrogen-bond acceptors (Lipinski definition) is 4. The smallest absolute Gasteiger partial charge is 0.356 e. The number of imidazole rings is 1. The van der Waals surface area contributed by atoms with Gasteiger partial charge < -0.3 is 19.5 Å². The van der Waals surface area contributed by atoms with Gasteiger partial charge in [-0.2, -0.15) is 0 Å². The zero-order valence-electron chi connectivity index (χ0n) is 10.9. The average molecular weight is 280 g/mol. The summed E-state index contributed by atoms with van der Waals surface area (Å²) < 4.78 is 7.13. The van der Waals surface area contributed by atoms with E-state index in [-0.39, 0.29) is 11.6 Å². The summed E-state index contributed by atoms with van der Waals surface area (Å²) in [4.78, 5) is 27.0. The van der Waals surface area contributed by atoms with E-state index in [9.17, 15) is 19.8 Å². The predicted molar refractivity (Wildman–Crippen MR) is 67.0 cm³/mol. The van der Waals surface area contributed by atoms with E-state index in [1.54, 1.807) is 4.57 Å². The third-order valence-electron chi connectivity index (χ3n) is 4.04. The molecule has 1 aromatic rings. The molecular weight excluding hydrogens is 264 g/mol. The molecule has 1 aromatic heterocycles.